The second-order valence-corrected chi connectivity index (χ2v) is 8.81. The van der Waals surface area contributed by atoms with Crippen LogP contribution in [0.25, 0.3) is 0 Å². The molecule has 1 atom stereocenters. The van der Waals surface area contributed by atoms with Gasteiger partial charge in [0, 0.05) is 43.1 Å². The third kappa shape index (κ3) is 4.55. The van der Waals surface area contributed by atoms with Gasteiger partial charge in [-0.15, -0.1) is 0 Å². The van der Waals surface area contributed by atoms with Gasteiger partial charge in [-0.05, 0) is 0 Å². The second-order valence-electron chi connectivity index (χ2n) is 5.46. The molecule has 2 rings (SSSR count). The van der Waals surface area contributed by atoms with Crippen LogP contribution in [-0.4, -0.2) is 54.1 Å². The molecule has 0 spiro atoms. The number of anilines is 1. The van der Waals surface area contributed by atoms with E-state index in [9.17, 15) is 8.42 Å². The molecule has 0 saturated carbocycles. The second kappa shape index (κ2) is 6.93. The van der Waals surface area contributed by atoms with Crippen LogP contribution < -0.4 is 10.2 Å². The zero-order valence-corrected chi connectivity index (χ0v) is 14.2. The highest BCUT2D eigenvalue weighted by Crippen LogP contribution is 2.24. The van der Waals surface area contributed by atoms with Crippen LogP contribution in [-0.2, 0) is 16.4 Å². The van der Waals surface area contributed by atoms with Crippen LogP contribution >= 0.6 is 11.8 Å². The van der Waals surface area contributed by atoms with Gasteiger partial charge in [-0.2, -0.15) is 11.8 Å². The van der Waals surface area contributed by atoms with Crippen molar-refractivity contribution >= 4 is 27.4 Å². The van der Waals surface area contributed by atoms with Crippen molar-refractivity contribution in [1.82, 2.24) is 15.3 Å². The highest BCUT2D eigenvalue weighted by molar-refractivity contribution is 8.01. The van der Waals surface area contributed by atoms with Crippen LogP contribution in [0.3, 0.4) is 0 Å². The zero-order valence-electron chi connectivity index (χ0n) is 12.6. The maximum atomic E-state index is 12.0. The normalized spacial score (nSPS) is 20.0. The molecule has 1 aliphatic heterocycles. The summed E-state index contributed by atoms with van der Waals surface area (Å²) in [7, 11) is -3.14. The SMILES string of the molecule is CC(C)NCc1cncc(N2CCSCC2S(C)(=O)=O)n1. The summed E-state index contributed by atoms with van der Waals surface area (Å²) in [5.74, 6) is 2.13. The van der Waals surface area contributed by atoms with E-state index < -0.39 is 15.2 Å². The molecule has 1 saturated heterocycles. The van der Waals surface area contributed by atoms with E-state index in [1.54, 1.807) is 24.2 Å². The number of hydrogen-bond donors (Lipinski definition) is 1. The third-order valence-corrected chi connectivity index (χ3v) is 5.88. The molecule has 6 nitrogen and oxygen atoms in total. The van der Waals surface area contributed by atoms with E-state index in [1.165, 1.54) is 6.26 Å². The van der Waals surface area contributed by atoms with Gasteiger partial charge in [0.15, 0.2) is 9.84 Å². The number of sulfone groups is 1. The molecule has 8 heteroatoms. The van der Waals surface area contributed by atoms with E-state index in [0.717, 1.165) is 11.4 Å². The Morgan fingerprint density at radius 3 is 2.90 bits per heavy atom. The van der Waals surface area contributed by atoms with Crippen molar-refractivity contribution < 1.29 is 8.42 Å². The van der Waals surface area contributed by atoms with Gasteiger partial charge in [-0.3, -0.25) is 4.98 Å². The van der Waals surface area contributed by atoms with Crippen molar-refractivity contribution in [3.63, 3.8) is 0 Å². The predicted octanol–water partition coefficient (Wildman–Crippen LogP) is 0.899. The molecule has 1 fully saturated rings. The average molecular weight is 330 g/mol. The third-order valence-electron chi connectivity index (χ3n) is 3.24. The number of aromatic nitrogens is 2. The van der Waals surface area contributed by atoms with Gasteiger partial charge in [0.25, 0.3) is 0 Å². The fourth-order valence-corrected chi connectivity index (χ4v) is 4.95. The smallest absolute Gasteiger partial charge is 0.169 e. The molecule has 2 heterocycles. The lowest BCUT2D eigenvalue weighted by atomic mass is 10.3. The molecule has 0 radical (unpaired) electrons. The number of hydrogen-bond acceptors (Lipinski definition) is 7. The molecule has 0 bridgehead atoms. The average Bonchev–Trinajstić information content (AvgIpc) is 2.44. The van der Waals surface area contributed by atoms with Crippen molar-refractivity contribution in [2.45, 2.75) is 31.8 Å². The summed E-state index contributed by atoms with van der Waals surface area (Å²) in [5, 5.41) is 2.78. The maximum Gasteiger partial charge on any atom is 0.169 e. The Labute approximate surface area is 130 Å². The maximum absolute atomic E-state index is 12.0. The van der Waals surface area contributed by atoms with Crippen LogP contribution in [0.5, 0.6) is 0 Å². The van der Waals surface area contributed by atoms with Crippen molar-refractivity contribution in [2.24, 2.45) is 0 Å². The van der Waals surface area contributed by atoms with E-state index >= 15 is 0 Å². The van der Waals surface area contributed by atoms with E-state index in [0.29, 0.717) is 30.7 Å². The summed E-state index contributed by atoms with van der Waals surface area (Å²) < 4.78 is 23.9. The first-order valence-corrected chi connectivity index (χ1v) is 10.1. The Balaban J connectivity index is 2.21. The Morgan fingerprint density at radius 2 is 2.24 bits per heavy atom. The van der Waals surface area contributed by atoms with Gasteiger partial charge in [0.05, 0.1) is 11.9 Å². The molecule has 1 aromatic heterocycles. The number of nitrogens with zero attached hydrogens (tertiary/aromatic N) is 3. The fourth-order valence-electron chi connectivity index (χ4n) is 2.12. The van der Waals surface area contributed by atoms with Crippen LogP contribution in [0, 0.1) is 0 Å². The lowest BCUT2D eigenvalue weighted by molar-refractivity contribution is 0.576. The molecular weight excluding hydrogens is 308 g/mol. The van der Waals surface area contributed by atoms with Crippen molar-refractivity contribution in [2.75, 3.05) is 29.2 Å². The molecule has 1 unspecified atom stereocenters. The molecule has 118 valence electrons. The van der Waals surface area contributed by atoms with Gasteiger partial charge < -0.3 is 10.2 Å². The van der Waals surface area contributed by atoms with Gasteiger partial charge in [0.1, 0.15) is 11.2 Å². The number of nitrogens with one attached hydrogen (secondary N) is 1. The molecule has 1 aliphatic rings. The summed E-state index contributed by atoms with van der Waals surface area (Å²) >= 11 is 1.67. The minimum Gasteiger partial charge on any atom is -0.337 e. The van der Waals surface area contributed by atoms with Crippen molar-refractivity contribution in [1.29, 1.82) is 0 Å². The summed E-state index contributed by atoms with van der Waals surface area (Å²) in [6.45, 7) is 5.44. The quantitative estimate of drug-likeness (QED) is 0.859. The van der Waals surface area contributed by atoms with Crippen LogP contribution in [0.4, 0.5) is 5.82 Å². The number of rotatable bonds is 5. The first kappa shape index (κ1) is 16.5. The molecule has 1 aromatic rings. The van der Waals surface area contributed by atoms with Gasteiger partial charge in [0.2, 0.25) is 0 Å². The first-order chi connectivity index (χ1) is 9.88. The van der Waals surface area contributed by atoms with Crippen LogP contribution in [0.2, 0.25) is 0 Å². The van der Waals surface area contributed by atoms with E-state index in [-0.39, 0.29) is 0 Å². The largest absolute Gasteiger partial charge is 0.337 e. The Kier molecular flexibility index (Phi) is 5.45. The molecule has 1 N–H and O–H groups in total. The van der Waals surface area contributed by atoms with E-state index in [4.69, 9.17) is 0 Å². The molecule has 0 aromatic carbocycles. The minimum atomic E-state index is -3.14. The van der Waals surface area contributed by atoms with Crippen LogP contribution in [0.1, 0.15) is 19.5 Å². The summed E-state index contributed by atoms with van der Waals surface area (Å²) in [6, 6.07) is 0.366. The lowest BCUT2D eigenvalue weighted by Gasteiger charge is -2.34. The Bertz CT molecular complexity index is 577. The topological polar surface area (TPSA) is 75.2 Å². The van der Waals surface area contributed by atoms with Crippen molar-refractivity contribution in [3.05, 3.63) is 18.1 Å². The van der Waals surface area contributed by atoms with Crippen molar-refractivity contribution in [3.8, 4) is 0 Å². The molecule has 0 aliphatic carbocycles. The summed E-state index contributed by atoms with van der Waals surface area (Å²) in [5.41, 5.74) is 0.826. The Hall–Kier alpha value is -0.860. The number of thioether (sulfide) groups is 1. The van der Waals surface area contributed by atoms with E-state index in [2.05, 4.69) is 29.1 Å². The van der Waals surface area contributed by atoms with Gasteiger partial charge >= 0.3 is 0 Å². The summed E-state index contributed by atoms with van der Waals surface area (Å²) in [4.78, 5) is 10.6. The summed E-state index contributed by atoms with van der Waals surface area (Å²) in [6.07, 6.45) is 4.65. The van der Waals surface area contributed by atoms with Crippen LogP contribution in [0.15, 0.2) is 12.4 Å². The predicted molar refractivity (Wildman–Crippen MR) is 87.3 cm³/mol. The molecule has 0 amide bonds. The molecular formula is C13H22N4O2S2. The first-order valence-electron chi connectivity index (χ1n) is 6.95. The monoisotopic (exact) mass is 330 g/mol. The highest BCUT2D eigenvalue weighted by Gasteiger charge is 2.32. The zero-order chi connectivity index (χ0) is 15.5. The molecule has 21 heavy (non-hydrogen) atoms. The Morgan fingerprint density at radius 1 is 1.48 bits per heavy atom. The standard InChI is InChI=1S/C13H22N4O2S2/c1-10(2)15-7-11-6-14-8-12(16-11)17-4-5-20-9-13(17)21(3,18)19/h6,8,10,13,15H,4-5,7,9H2,1-3H3. The van der Waals surface area contributed by atoms with E-state index in [1.807, 2.05) is 4.90 Å². The van der Waals surface area contributed by atoms with Gasteiger partial charge in [-0.25, -0.2) is 13.4 Å². The van der Waals surface area contributed by atoms with Gasteiger partial charge in [-0.1, -0.05) is 13.8 Å². The highest BCUT2D eigenvalue weighted by atomic mass is 32.2. The minimum absolute atomic E-state index is 0.366. The lowest BCUT2D eigenvalue weighted by Crippen LogP contribution is -2.47. The fraction of sp³-hybridized carbons (Fsp3) is 0.692.